The Morgan fingerprint density at radius 1 is 1.28 bits per heavy atom. The van der Waals surface area contributed by atoms with Crippen LogP contribution in [0.2, 0.25) is 0 Å². The van der Waals surface area contributed by atoms with Crippen LogP contribution < -0.4 is 10.5 Å². The topological polar surface area (TPSA) is 61.5 Å². The summed E-state index contributed by atoms with van der Waals surface area (Å²) in [5.74, 6) is 0.632. The smallest absolute Gasteiger partial charge is 0.307 e. The summed E-state index contributed by atoms with van der Waals surface area (Å²) in [7, 11) is 1.66. The Morgan fingerprint density at radius 2 is 1.94 bits per heavy atom. The molecule has 0 heterocycles. The van der Waals surface area contributed by atoms with Gasteiger partial charge in [0.2, 0.25) is 0 Å². The van der Waals surface area contributed by atoms with Gasteiger partial charge in [-0.15, -0.1) is 0 Å². The molecule has 1 aromatic rings. The monoisotopic (exact) mass is 251 g/mol. The maximum absolute atomic E-state index is 11.3. The molecule has 1 aromatic carbocycles. The minimum Gasteiger partial charge on any atom is -0.496 e. The molecule has 4 nitrogen and oxygen atoms in total. The fraction of sp³-hybridized carbons (Fsp3) is 0.500. The van der Waals surface area contributed by atoms with Gasteiger partial charge in [-0.25, -0.2) is 0 Å². The third kappa shape index (κ3) is 3.23. The van der Waals surface area contributed by atoms with Crippen molar-refractivity contribution in [2.45, 2.75) is 33.8 Å². The molecule has 0 saturated heterocycles. The molecule has 4 heteroatoms. The largest absolute Gasteiger partial charge is 0.496 e. The van der Waals surface area contributed by atoms with Gasteiger partial charge >= 0.3 is 5.97 Å². The van der Waals surface area contributed by atoms with Crippen LogP contribution in [0, 0.1) is 20.8 Å². The van der Waals surface area contributed by atoms with Crippen LogP contribution in [0.3, 0.4) is 0 Å². The zero-order valence-electron chi connectivity index (χ0n) is 11.5. The Kier molecular flexibility index (Phi) is 5.16. The molecule has 1 rings (SSSR count). The highest BCUT2D eigenvalue weighted by Crippen LogP contribution is 2.28. The summed E-state index contributed by atoms with van der Waals surface area (Å²) in [5.41, 5.74) is 9.54. The van der Waals surface area contributed by atoms with Gasteiger partial charge in [-0.3, -0.25) is 4.79 Å². The molecule has 0 fully saturated rings. The second-order valence-corrected chi connectivity index (χ2v) is 4.34. The van der Waals surface area contributed by atoms with Crippen molar-refractivity contribution in [2.24, 2.45) is 5.73 Å². The van der Waals surface area contributed by atoms with Gasteiger partial charge in [0.1, 0.15) is 12.4 Å². The highest BCUT2D eigenvalue weighted by Gasteiger charge is 2.11. The fourth-order valence-corrected chi connectivity index (χ4v) is 1.95. The maximum atomic E-state index is 11.3. The highest BCUT2D eigenvalue weighted by molar-refractivity contribution is 5.69. The van der Waals surface area contributed by atoms with E-state index in [0.29, 0.717) is 6.54 Å². The first-order chi connectivity index (χ1) is 8.51. The first-order valence-electron chi connectivity index (χ1n) is 6.00. The van der Waals surface area contributed by atoms with Crippen molar-refractivity contribution >= 4 is 5.97 Å². The van der Waals surface area contributed by atoms with Crippen LogP contribution >= 0.6 is 0 Å². The van der Waals surface area contributed by atoms with Gasteiger partial charge in [0.25, 0.3) is 0 Å². The summed E-state index contributed by atoms with van der Waals surface area (Å²) >= 11 is 0. The lowest BCUT2D eigenvalue weighted by Gasteiger charge is -2.15. The Hall–Kier alpha value is -1.55. The SMILES string of the molecule is COc1c(C)cc(COC(=O)CCN)c(C)c1C. The van der Waals surface area contributed by atoms with Crippen LogP contribution in [0.1, 0.15) is 28.7 Å². The second-order valence-electron chi connectivity index (χ2n) is 4.34. The summed E-state index contributed by atoms with van der Waals surface area (Å²) in [5, 5.41) is 0. The van der Waals surface area contributed by atoms with Crippen molar-refractivity contribution in [1.82, 2.24) is 0 Å². The van der Waals surface area contributed by atoms with Crippen LogP contribution in [0.4, 0.5) is 0 Å². The number of rotatable bonds is 5. The number of carbonyl (C=O) groups excluding carboxylic acids is 1. The molecule has 2 N–H and O–H groups in total. The highest BCUT2D eigenvalue weighted by atomic mass is 16.5. The molecule has 18 heavy (non-hydrogen) atoms. The number of aryl methyl sites for hydroxylation is 1. The van der Waals surface area contributed by atoms with Crippen LogP contribution in [-0.2, 0) is 16.1 Å². The lowest BCUT2D eigenvalue weighted by molar-refractivity contribution is -0.144. The molecule has 0 saturated carbocycles. The van der Waals surface area contributed by atoms with Crippen molar-refractivity contribution in [3.8, 4) is 5.75 Å². The molecule has 0 radical (unpaired) electrons. The number of hydrogen-bond donors (Lipinski definition) is 1. The molecule has 0 bridgehead atoms. The predicted molar refractivity (Wildman–Crippen MR) is 70.7 cm³/mol. The number of esters is 1. The van der Waals surface area contributed by atoms with E-state index in [1.54, 1.807) is 7.11 Å². The van der Waals surface area contributed by atoms with E-state index in [2.05, 4.69) is 0 Å². The molecule has 100 valence electrons. The van der Waals surface area contributed by atoms with E-state index >= 15 is 0 Å². The standard InChI is InChI=1S/C14H21NO3/c1-9-7-12(8-18-13(16)5-6-15)10(2)11(3)14(9)17-4/h7H,5-6,8,15H2,1-4H3. The van der Waals surface area contributed by atoms with E-state index in [1.165, 1.54) is 0 Å². The number of hydrogen-bond acceptors (Lipinski definition) is 4. The molecule has 0 aliphatic heterocycles. The first kappa shape index (κ1) is 14.5. The zero-order chi connectivity index (χ0) is 13.7. The molecule has 0 aliphatic rings. The summed E-state index contributed by atoms with van der Waals surface area (Å²) in [6.45, 7) is 6.60. The van der Waals surface area contributed by atoms with E-state index < -0.39 is 0 Å². The van der Waals surface area contributed by atoms with Gasteiger partial charge in [0, 0.05) is 6.54 Å². The summed E-state index contributed by atoms with van der Waals surface area (Å²) in [6, 6.07) is 2.00. The molecular weight excluding hydrogens is 230 g/mol. The van der Waals surface area contributed by atoms with Gasteiger partial charge in [0.15, 0.2) is 0 Å². The van der Waals surface area contributed by atoms with Crippen molar-refractivity contribution in [3.05, 3.63) is 28.3 Å². The van der Waals surface area contributed by atoms with E-state index in [9.17, 15) is 4.79 Å². The number of nitrogens with two attached hydrogens (primary N) is 1. The van der Waals surface area contributed by atoms with Crippen LogP contribution in [-0.4, -0.2) is 19.6 Å². The predicted octanol–water partition coefficient (Wildman–Crippen LogP) is 2.01. The van der Waals surface area contributed by atoms with E-state index in [0.717, 1.165) is 28.0 Å². The summed E-state index contributed by atoms with van der Waals surface area (Å²) in [4.78, 5) is 11.3. The molecule has 0 aliphatic carbocycles. The van der Waals surface area contributed by atoms with Gasteiger partial charge in [0.05, 0.1) is 13.5 Å². The fourth-order valence-electron chi connectivity index (χ4n) is 1.95. The Balaban J connectivity index is 2.88. The number of benzene rings is 1. The van der Waals surface area contributed by atoms with E-state index in [4.69, 9.17) is 15.2 Å². The quantitative estimate of drug-likeness (QED) is 0.813. The van der Waals surface area contributed by atoms with Crippen LogP contribution in [0.5, 0.6) is 5.75 Å². The van der Waals surface area contributed by atoms with Crippen LogP contribution in [0.25, 0.3) is 0 Å². The van der Waals surface area contributed by atoms with Crippen molar-refractivity contribution < 1.29 is 14.3 Å². The number of carbonyl (C=O) groups is 1. The number of methoxy groups -OCH3 is 1. The van der Waals surface area contributed by atoms with Gasteiger partial charge in [-0.1, -0.05) is 0 Å². The van der Waals surface area contributed by atoms with Crippen molar-refractivity contribution in [2.75, 3.05) is 13.7 Å². The Bertz CT molecular complexity index is 441. The average Bonchev–Trinajstić information content (AvgIpc) is 2.33. The minimum absolute atomic E-state index is 0.257. The second kappa shape index (κ2) is 6.40. The molecular formula is C14H21NO3. The molecule has 0 spiro atoms. The normalized spacial score (nSPS) is 10.3. The van der Waals surface area contributed by atoms with Crippen LogP contribution in [0.15, 0.2) is 6.07 Å². The van der Waals surface area contributed by atoms with Gasteiger partial charge < -0.3 is 15.2 Å². The first-order valence-corrected chi connectivity index (χ1v) is 6.00. The van der Waals surface area contributed by atoms with Crippen molar-refractivity contribution in [3.63, 3.8) is 0 Å². The average molecular weight is 251 g/mol. The molecule has 0 unspecified atom stereocenters. The molecule has 0 atom stereocenters. The lowest BCUT2D eigenvalue weighted by atomic mass is 9.99. The summed E-state index contributed by atoms with van der Waals surface area (Å²) < 4.78 is 10.5. The maximum Gasteiger partial charge on any atom is 0.307 e. The van der Waals surface area contributed by atoms with E-state index in [-0.39, 0.29) is 19.0 Å². The summed E-state index contributed by atoms with van der Waals surface area (Å²) in [6.07, 6.45) is 0.257. The zero-order valence-corrected chi connectivity index (χ0v) is 11.5. The van der Waals surface area contributed by atoms with Gasteiger partial charge in [-0.05, 0) is 49.1 Å². The molecule has 0 amide bonds. The van der Waals surface area contributed by atoms with Crippen molar-refractivity contribution in [1.29, 1.82) is 0 Å². The molecule has 0 aromatic heterocycles. The third-order valence-electron chi connectivity index (χ3n) is 3.07. The number of ether oxygens (including phenoxy) is 2. The lowest BCUT2D eigenvalue weighted by Crippen LogP contribution is -2.11. The third-order valence-corrected chi connectivity index (χ3v) is 3.07. The Morgan fingerprint density at radius 3 is 2.50 bits per heavy atom. The van der Waals surface area contributed by atoms with Gasteiger partial charge in [-0.2, -0.15) is 0 Å². The van der Waals surface area contributed by atoms with E-state index in [1.807, 2.05) is 26.8 Å². The Labute approximate surface area is 108 Å². The minimum atomic E-state index is -0.261.